The Bertz CT molecular complexity index is 486. The lowest BCUT2D eigenvalue weighted by molar-refractivity contribution is -0.123. The van der Waals surface area contributed by atoms with Crippen molar-refractivity contribution in [2.45, 2.75) is 57.4 Å². The van der Waals surface area contributed by atoms with Crippen molar-refractivity contribution < 1.29 is 14.6 Å². The number of hydrogen-bond donors (Lipinski definition) is 2. The minimum absolute atomic E-state index is 0.0722. The predicted molar refractivity (Wildman–Crippen MR) is 91.6 cm³/mol. The fourth-order valence-electron chi connectivity index (χ4n) is 3.48. The first-order valence-electron chi connectivity index (χ1n) is 8.74. The first kappa shape index (κ1) is 17.8. The maximum atomic E-state index is 12.7. The fraction of sp³-hybridized carbons (Fsp3) is 0.632. The van der Waals surface area contributed by atoms with E-state index in [0.29, 0.717) is 0 Å². The van der Waals surface area contributed by atoms with Crippen molar-refractivity contribution in [2.24, 2.45) is 5.92 Å². The van der Waals surface area contributed by atoms with Gasteiger partial charge in [-0.05, 0) is 37.0 Å². The van der Waals surface area contributed by atoms with Crippen LogP contribution in [0.1, 0.15) is 56.9 Å². The molecule has 0 heterocycles. The number of amides is 1. The summed E-state index contributed by atoms with van der Waals surface area (Å²) in [6, 6.07) is 7.81. The van der Waals surface area contributed by atoms with Crippen molar-refractivity contribution in [1.29, 1.82) is 0 Å². The summed E-state index contributed by atoms with van der Waals surface area (Å²) < 4.78 is 5.18. The second-order valence-corrected chi connectivity index (χ2v) is 6.43. The van der Waals surface area contributed by atoms with E-state index < -0.39 is 0 Å². The zero-order valence-corrected chi connectivity index (χ0v) is 14.3. The van der Waals surface area contributed by atoms with Gasteiger partial charge in [-0.25, -0.2) is 0 Å². The SMILES string of the molecule is CCC(C(=O)NC1CCCCCC1CO)c1ccc(OC)cc1. The molecule has 4 heteroatoms. The van der Waals surface area contributed by atoms with Crippen LogP contribution in [0.2, 0.25) is 0 Å². The first-order valence-corrected chi connectivity index (χ1v) is 8.74. The van der Waals surface area contributed by atoms with E-state index in [2.05, 4.69) is 5.32 Å². The molecule has 0 aliphatic heterocycles. The van der Waals surface area contributed by atoms with E-state index in [0.717, 1.165) is 43.4 Å². The molecule has 4 nitrogen and oxygen atoms in total. The third-order valence-electron chi connectivity index (χ3n) is 4.96. The Hall–Kier alpha value is -1.55. The molecule has 23 heavy (non-hydrogen) atoms. The third kappa shape index (κ3) is 4.71. The topological polar surface area (TPSA) is 58.6 Å². The summed E-state index contributed by atoms with van der Waals surface area (Å²) in [7, 11) is 1.64. The number of aliphatic hydroxyl groups is 1. The molecular weight excluding hydrogens is 290 g/mol. The molecule has 1 fully saturated rings. The molecule has 0 spiro atoms. The van der Waals surface area contributed by atoms with E-state index in [9.17, 15) is 9.90 Å². The van der Waals surface area contributed by atoms with Crippen molar-refractivity contribution in [3.05, 3.63) is 29.8 Å². The maximum absolute atomic E-state index is 12.7. The van der Waals surface area contributed by atoms with Crippen molar-refractivity contribution in [3.63, 3.8) is 0 Å². The summed E-state index contributed by atoms with van der Waals surface area (Å²) in [5.41, 5.74) is 1.01. The van der Waals surface area contributed by atoms with Gasteiger partial charge >= 0.3 is 0 Å². The van der Waals surface area contributed by atoms with E-state index in [1.165, 1.54) is 6.42 Å². The summed E-state index contributed by atoms with van der Waals surface area (Å²) >= 11 is 0. The largest absolute Gasteiger partial charge is 0.497 e. The lowest BCUT2D eigenvalue weighted by Crippen LogP contribution is -2.43. The molecule has 1 aliphatic rings. The van der Waals surface area contributed by atoms with Gasteiger partial charge in [-0.15, -0.1) is 0 Å². The highest BCUT2D eigenvalue weighted by Crippen LogP contribution is 2.26. The van der Waals surface area contributed by atoms with E-state index >= 15 is 0 Å². The minimum atomic E-state index is -0.150. The standard InChI is InChI=1S/C19H29NO3/c1-3-17(14-9-11-16(23-2)12-10-14)19(22)20-18-8-6-4-5-7-15(18)13-21/h9-12,15,17-18,21H,3-8,13H2,1-2H3,(H,20,22). The van der Waals surface area contributed by atoms with Crippen molar-refractivity contribution in [3.8, 4) is 5.75 Å². The molecule has 0 aromatic heterocycles. The molecule has 0 saturated heterocycles. The summed E-state index contributed by atoms with van der Waals surface area (Å²) in [5, 5.41) is 12.8. The van der Waals surface area contributed by atoms with Crippen LogP contribution < -0.4 is 10.1 Å². The second kappa shape index (κ2) is 8.92. The Morgan fingerprint density at radius 1 is 1.26 bits per heavy atom. The molecule has 0 radical (unpaired) electrons. The number of nitrogens with one attached hydrogen (secondary N) is 1. The van der Waals surface area contributed by atoms with Gasteiger partial charge in [0.25, 0.3) is 0 Å². The summed E-state index contributed by atoms with van der Waals surface area (Å²) in [5.74, 6) is 0.912. The number of benzene rings is 1. The summed E-state index contributed by atoms with van der Waals surface area (Å²) in [6.07, 6.45) is 6.19. The zero-order valence-electron chi connectivity index (χ0n) is 14.3. The smallest absolute Gasteiger partial charge is 0.227 e. The van der Waals surface area contributed by atoms with Crippen LogP contribution in [0.15, 0.2) is 24.3 Å². The Balaban J connectivity index is 2.05. The van der Waals surface area contributed by atoms with Crippen LogP contribution in [0.4, 0.5) is 0 Å². The molecule has 2 N–H and O–H groups in total. The molecular formula is C19H29NO3. The van der Waals surface area contributed by atoms with Crippen LogP contribution in [-0.2, 0) is 4.79 Å². The van der Waals surface area contributed by atoms with Gasteiger partial charge in [0.05, 0.1) is 13.0 Å². The number of ether oxygens (including phenoxy) is 1. The quantitative estimate of drug-likeness (QED) is 0.791. The Kier molecular flexibility index (Phi) is 6.90. The van der Waals surface area contributed by atoms with Crippen molar-refractivity contribution in [2.75, 3.05) is 13.7 Å². The van der Waals surface area contributed by atoms with Crippen molar-refractivity contribution >= 4 is 5.91 Å². The lowest BCUT2D eigenvalue weighted by Gasteiger charge is -2.27. The van der Waals surface area contributed by atoms with Gasteiger partial charge < -0.3 is 15.2 Å². The average Bonchev–Trinajstić information content (AvgIpc) is 2.81. The molecule has 1 saturated carbocycles. The molecule has 3 atom stereocenters. The highest BCUT2D eigenvalue weighted by Gasteiger charge is 2.27. The Morgan fingerprint density at radius 2 is 1.96 bits per heavy atom. The molecule has 1 aliphatic carbocycles. The van der Waals surface area contributed by atoms with Crippen LogP contribution in [0.5, 0.6) is 5.75 Å². The normalized spacial score (nSPS) is 22.9. The minimum Gasteiger partial charge on any atom is -0.497 e. The molecule has 1 aromatic carbocycles. The van der Waals surface area contributed by atoms with E-state index in [4.69, 9.17) is 4.74 Å². The third-order valence-corrected chi connectivity index (χ3v) is 4.96. The number of rotatable bonds is 6. The number of hydrogen-bond acceptors (Lipinski definition) is 3. The van der Waals surface area contributed by atoms with Gasteiger partial charge in [-0.1, -0.05) is 38.3 Å². The summed E-state index contributed by atoms with van der Waals surface area (Å²) in [6.45, 7) is 2.19. The molecule has 0 bridgehead atoms. The zero-order chi connectivity index (χ0) is 16.7. The van der Waals surface area contributed by atoms with Crippen LogP contribution in [0.25, 0.3) is 0 Å². The van der Waals surface area contributed by atoms with Gasteiger partial charge in [-0.2, -0.15) is 0 Å². The van der Waals surface area contributed by atoms with Crippen LogP contribution in [0, 0.1) is 5.92 Å². The highest BCUT2D eigenvalue weighted by atomic mass is 16.5. The number of carbonyl (C=O) groups is 1. The van der Waals surface area contributed by atoms with Crippen LogP contribution in [-0.4, -0.2) is 30.8 Å². The van der Waals surface area contributed by atoms with Gasteiger partial charge in [0, 0.05) is 18.6 Å². The monoisotopic (exact) mass is 319 g/mol. The predicted octanol–water partition coefficient (Wildman–Crippen LogP) is 3.25. The second-order valence-electron chi connectivity index (χ2n) is 6.43. The number of carbonyl (C=O) groups excluding carboxylic acids is 1. The molecule has 128 valence electrons. The maximum Gasteiger partial charge on any atom is 0.227 e. The number of methoxy groups -OCH3 is 1. The Morgan fingerprint density at radius 3 is 2.57 bits per heavy atom. The van der Waals surface area contributed by atoms with Gasteiger partial charge in [0.1, 0.15) is 5.75 Å². The van der Waals surface area contributed by atoms with Crippen molar-refractivity contribution in [1.82, 2.24) is 5.32 Å². The fourth-order valence-corrected chi connectivity index (χ4v) is 3.48. The van der Waals surface area contributed by atoms with Gasteiger partial charge in [-0.3, -0.25) is 4.79 Å². The first-order chi connectivity index (χ1) is 11.2. The van der Waals surface area contributed by atoms with Crippen LogP contribution in [0.3, 0.4) is 0 Å². The van der Waals surface area contributed by atoms with Crippen LogP contribution >= 0.6 is 0 Å². The van der Waals surface area contributed by atoms with E-state index in [1.807, 2.05) is 31.2 Å². The van der Waals surface area contributed by atoms with E-state index in [-0.39, 0.29) is 30.4 Å². The lowest BCUT2D eigenvalue weighted by atomic mass is 9.92. The summed E-state index contributed by atoms with van der Waals surface area (Å²) in [4.78, 5) is 12.7. The molecule has 2 rings (SSSR count). The van der Waals surface area contributed by atoms with E-state index in [1.54, 1.807) is 7.11 Å². The average molecular weight is 319 g/mol. The molecule has 3 unspecified atom stereocenters. The molecule has 1 amide bonds. The number of aliphatic hydroxyl groups excluding tert-OH is 1. The Labute approximate surface area is 139 Å². The highest BCUT2D eigenvalue weighted by molar-refractivity contribution is 5.83. The van der Waals surface area contributed by atoms with Gasteiger partial charge in [0.15, 0.2) is 0 Å². The molecule has 1 aromatic rings. The van der Waals surface area contributed by atoms with Gasteiger partial charge in [0.2, 0.25) is 5.91 Å².